The number of ether oxygens (including phenoxy) is 3. The normalized spacial score (nSPS) is 11.3. The number of hydrogen-bond acceptors (Lipinski definition) is 5. The van der Waals surface area contributed by atoms with Crippen LogP contribution in [0.1, 0.15) is 6.92 Å². The number of hydrogen-bond donors (Lipinski definition) is 1. The van der Waals surface area contributed by atoms with Gasteiger partial charge in [-0.3, -0.25) is 4.79 Å². The van der Waals surface area contributed by atoms with E-state index in [0.29, 0.717) is 22.2 Å². The first-order chi connectivity index (χ1) is 12.0. The minimum absolute atomic E-state index is 0.304. The van der Waals surface area contributed by atoms with Gasteiger partial charge in [0.05, 0.1) is 7.11 Å². The Balaban J connectivity index is 1.78. The second kappa shape index (κ2) is 8.94. The van der Waals surface area contributed by atoms with Gasteiger partial charge in [-0.1, -0.05) is 11.6 Å². The molecule has 25 heavy (non-hydrogen) atoms. The van der Waals surface area contributed by atoms with Crippen molar-refractivity contribution in [2.24, 2.45) is 0 Å². The molecule has 1 amide bonds. The molecule has 2 aromatic rings. The van der Waals surface area contributed by atoms with Crippen LogP contribution >= 0.6 is 11.6 Å². The molecule has 0 aliphatic heterocycles. The van der Waals surface area contributed by atoms with Crippen molar-refractivity contribution in [1.82, 2.24) is 0 Å². The number of esters is 1. The van der Waals surface area contributed by atoms with E-state index in [1.807, 2.05) is 0 Å². The molecule has 2 rings (SSSR count). The molecule has 0 bridgehead atoms. The minimum Gasteiger partial charge on any atom is -0.497 e. The van der Waals surface area contributed by atoms with Crippen LogP contribution < -0.4 is 14.8 Å². The highest BCUT2D eigenvalue weighted by Gasteiger charge is 2.18. The van der Waals surface area contributed by atoms with Crippen molar-refractivity contribution in [2.75, 3.05) is 19.0 Å². The second-order valence-corrected chi connectivity index (χ2v) is 5.53. The largest absolute Gasteiger partial charge is 0.497 e. The van der Waals surface area contributed by atoms with Gasteiger partial charge in [-0.15, -0.1) is 0 Å². The number of halogens is 1. The predicted octanol–water partition coefficient (Wildman–Crippen LogP) is 3.30. The number of rotatable bonds is 7. The van der Waals surface area contributed by atoms with Crippen molar-refractivity contribution >= 4 is 29.2 Å². The molecule has 0 saturated heterocycles. The molecule has 0 radical (unpaired) electrons. The molecule has 1 unspecified atom stereocenters. The molecule has 0 heterocycles. The SMILES string of the molecule is COc1ccc(NC(=O)C(C)OC(=O)COc2ccc(Cl)cc2)cc1. The molecule has 132 valence electrons. The summed E-state index contributed by atoms with van der Waals surface area (Å²) in [4.78, 5) is 23.8. The molecule has 2 aromatic carbocycles. The van der Waals surface area contributed by atoms with E-state index < -0.39 is 18.0 Å². The molecule has 7 heteroatoms. The molecule has 0 aliphatic rings. The molecule has 0 spiro atoms. The third-order valence-corrected chi connectivity index (χ3v) is 3.46. The third kappa shape index (κ3) is 6.00. The topological polar surface area (TPSA) is 73.9 Å². The Morgan fingerprint density at radius 3 is 2.24 bits per heavy atom. The molecule has 0 fully saturated rings. The Hall–Kier alpha value is -2.73. The smallest absolute Gasteiger partial charge is 0.344 e. The summed E-state index contributed by atoms with van der Waals surface area (Å²) >= 11 is 5.76. The zero-order valence-electron chi connectivity index (χ0n) is 13.8. The van der Waals surface area contributed by atoms with Crippen LogP contribution in [0.3, 0.4) is 0 Å². The van der Waals surface area contributed by atoms with Crippen molar-refractivity contribution in [1.29, 1.82) is 0 Å². The van der Waals surface area contributed by atoms with Crippen LogP contribution in [-0.4, -0.2) is 31.7 Å². The first-order valence-corrected chi connectivity index (χ1v) is 7.88. The number of carbonyl (C=O) groups is 2. The molecule has 6 nitrogen and oxygen atoms in total. The van der Waals surface area contributed by atoms with Gasteiger partial charge in [0.15, 0.2) is 12.7 Å². The van der Waals surface area contributed by atoms with E-state index in [-0.39, 0.29) is 6.61 Å². The molecule has 0 aliphatic carbocycles. The fraction of sp³-hybridized carbons (Fsp3) is 0.222. The average molecular weight is 364 g/mol. The zero-order valence-corrected chi connectivity index (χ0v) is 14.6. The van der Waals surface area contributed by atoms with Gasteiger partial charge in [-0.05, 0) is 55.5 Å². The quantitative estimate of drug-likeness (QED) is 0.764. The number of benzene rings is 2. The maximum absolute atomic E-state index is 12.0. The van der Waals surface area contributed by atoms with Crippen LogP contribution in [0.5, 0.6) is 11.5 Å². The van der Waals surface area contributed by atoms with Crippen molar-refractivity contribution in [3.8, 4) is 11.5 Å². The lowest BCUT2D eigenvalue weighted by Gasteiger charge is -2.14. The number of methoxy groups -OCH3 is 1. The fourth-order valence-electron chi connectivity index (χ4n) is 1.88. The number of amides is 1. The van der Waals surface area contributed by atoms with E-state index in [1.165, 1.54) is 6.92 Å². The van der Waals surface area contributed by atoms with E-state index in [2.05, 4.69) is 5.32 Å². The summed E-state index contributed by atoms with van der Waals surface area (Å²) in [6.07, 6.45) is -0.955. The number of nitrogens with one attached hydrogen (secondary N) is 1. The Morgan fingerprint density at radius 1 is 1.04 bits per heavy atom. The van der Waals surface area contributed by atoms with Gasteiger partial charge in [0.2, 0.25) is 0 Å². The molecular weight excluding hydrogens is 346 g/mol. The van der Waals surface area contributed by atoms with Crippen molar-refractivity contribution < 1.29 is 23.8 Å². The Bertz CT molecular complexity index is 715. The maximum atomic E-state index is 12.0. The van der Waals surface area contributed by atoms with Crippen molar-refractivity contribution in [2.45, 2.75) is 13.0 Å². The van der Waals surface area contributed by atoms with Gasteiger partial charge in [0.25, 0.3) is 5.91 Å². The summed E-state index contributed by atoms with van der Waals surface area (Å²) in [7, 11) is 1.56. The van der Waals surface area contributed by atoms with Crippen LogP contribution in [0.4, 0.5) is 5.69 Å². The van der Waals surface area contributed by atoms with Crippen LogP contribution in [0.2, 0.25) is 5.02 Å². The number of carbonyl (C=O) groups excluding carboxylic acids is 2. The summed E-state index contributed by atoms with van der Waals surface area (Å²) in [6.45, 7) is 1.18. The fourth-order valence-corrected chi connectivity index (χ4v) is 2.00. The van der Waals surface area contributed by atoms with Gasteiger partial charge in [-0.25, -0.2) is 4.79 Å². The maximum Gasteiger partial charge on any atom is 0.344 e. The van der Waals surface area contributed by atoms with Crippen LogP contribution in [0.15, 0.2) is 48.5 Å². The summed E-state index contributed by atoms with van der Waals surface area (Å²) in [5.74, 6) is 0.0749. The van der Waals surface area contributed by atoms with Gasteiger partial charge in [0, 0.05) is 10.7 Å². The molecule has 0 saturated carbocycles. The summed E-state index contributed by atoms with van der Waals surface area (Å²) in [5.41, 5.74) is 0.575. The zero-order chi connectivity index (χ0) is 18.2. The van der Waals surface area contributed by atoms with Gasteiger partial charge < -0.3 is 19.5 Å². The first-order valence-electron chi connectivity index (χ1n) is 7.50. The lowest BCUT2D eigenvalue weighted by molar-refractivity contribution is -0.155. The second-order valence-electron chi connectivity index (χ2n) is 5.09. The molecule has 1 atom stereocenters. The Kier molecular flexibility index (Phi) is 6.65. The van der Waals surface area contributed by atoms with Crippen molar-refractivity contribution in [3.63, 3.8) is 0 Å². The summed E-state index contributed by atoms with van der Waals surface area (Å²) in [6, 6.07) is 13.4. The van der Waals surface area contributed by atoms with Crippen LogP contribution in [0, 0.1) is 0 Å². The standard InChI is InChI=1S/C18H18ClNO5/c1-12(18(22)20-14-5-9-15(23-2)10-6-14)25-17(21)11-24-16-7-3-13(19)4-8-16/h3-10,12H,11H2,1-2H3,(H,20,22). The molecule has 1 N–H and O–H groups in total. The van der Waals surface area contributed by atoms with Gasteiger partial charge in [-0.2, -0.15) is 0 Å². The van der Waals surface area contributed by atoms with Crippen LogP contribution in [-0.2, 0) is 14.3 Å². The monoisotopic (exact) mass is 363 g/mol. The molecular formula is C18H18ClNO5. The van der Waals surface area contributed by atoms with E-state index in [1.54, 1.807) is 55.6 Å². The van der Waals surface area contributed by atoms with Crippen molar-refractivity contribution in [3.05, 3.63) is 53.6 Å². The highest BCUT2D eigenvalue weighted by molar-refractivity contribution is 6.30. The summed E-state index contributed by atoms with van der Waals surface area (Å²) < 4.78 is 15.4. The summed E-state index contributed by atoms with van der Waals surface area (Å²) in [5, 5.41) is 3.22. The van der Waals surface area contributed by atoms with Crippen LogP contribution in [0.25, 0.3) is 0 Å². The minimum atomic E-state index is -0.955. The Morgan fingerprint density at radius 2 is 1.64 bits per heavy atom. The lowest BCUT2D eigenvalue weighted by atomic mass is 10.3. The third-order valence-electron chi connectivity index (χ3n) is 3.21. The van der Waals surface area contributed by atoms with E-state index in [9.17, 15) is 9.59 Å². The number of anilines is 1. The van der Waals surface area contributed by atoms with Gasteiger partial charge >= 0.3 is 5.97 Å². The predicted molar refractivity (Wildman–Crippen MR) is 94.1 cm³/mol. The first kappa shape index (κ1) is 18.6. The molecule has 0 aromatic heterocycles. The van der Waals surface area contributed by atoms with Gasteiger partial charge in [0.1, 0.15) is 11.5 Å². The van der Waals surface area contributed by atoms with E-state index in [0.717, 1.165) is 0 Å². The highest BCUT2D eigenvalue weighted by atomic mass is 35.5. The Labute approximate surface area is 150 Å². The average Bonchev–Trinajstić information content (AvgIpc) is 2.61. The van der Waals surface area contributed by atoms with E-state index in [4.69, 9.17) is 25.8 Å². The van der Waals surface area contributed by atoms with E-state index >= 15 is 0 Å². The lowest BCUT2D eigenvalue weighted by Crippen LogP contribution is -2.31. The highest BCUT2D eigenvalue weighted by Crippen LogP contribution is 2.16.